The molecule has 0 aromatic rings. The highest BCUT2D eigenvalue weighted by Crippen LogP contribution is 2.07. The average molecular weight is 148 g/mol. The Bertz CT molecular complexity index is 99.1. The molecule has 0 radical (unpaired) electrons. The van der Waals surface area contributed by atoms with Crippen LogP contribution in [0.15, 0.2) is 4.51 Å². The molecular formula is C7H14ClN. The summed E-state index contributed by atoms with van der Waals surface area (Å²) in [5.41, 5.74) is 1.04. The van der Waals surface area contributed by atoms with Gasteiger partial charge in [0.25, 0.3) is 0 Å². The van der Waals surface area contributed by atoms with Gasteiger partial charge >= 0.3 is 0 Å². The molecule has 0 saturated carbocycles. The molecule has 0 aromatic heterocycles. The molecule has 0 amide bonds. The first kappa shape index (κ1) is 8.96. The molecule has 0 spiro atoms. The Morgan fingerprint density at radius 3 is 2.56 bits per heavy atom. The molecule has 0 aliphatic carbocycles. The first-order valence-corrected chi connectivity index (χ1v) is 3.71. The van der Waals surface area contributed by atoms with Crippen LogP contribution in [0.5, 0.6) is 0 Å². The van der Waals surface area contributed by atoms with Gasteiger partial charge in [0.05, 0.1) is 0 Å². The van der Waals surface area contributed by atoms with E-state index in [2.05, 4.69) is 18.4 Å². The highest BCUT2D eigenvalue weighted by Gasteiger charge is 2.02. The molecule has 1 atom stereocenters. The van der Waals surface area contributed by atoms with E-state index in [1.54, 1.807) is 0 Å². The fourth-order valence-electron chi connectivity index (χ4n) is 0.725. The maximum atomic E-state index is 5.27. The van der Waals surface area contributed by atoms with E-state index in [4.69, 9.17) is 11.8 Å². The molecule has 0 fully saturated rings. The first-order valence-electron chi connectivity index (χ1n) is 3.37. The van der Waals surface area contributed by atoms with Crippen LogP contribution in [-0.2, 0) is 0 Å². The molecule has 0 aliphatic rings. The van der Waals surface area contributed by atoms with Gasteiger partial charge in [-0.05, 0) is 19.3 Å². The number of nitrogens with zero attached hydrogens (tertiary/aromatic N) is 1. The van der Waals surface area contributed by atoms with Crippen LogP contribution in [-0.4, -0.2) is 5.71 Å². The quantitative estimate of drug-likeness (QED) is 0.545. The van der Waals surface area contributed by atoms with Gasteiger partial charge in [0.2, 0.25) is 0 Å². The standard InChI is InChI=1S/C7H14ClN/c1-4-5-6(2)7(3)9-8/h6H,4-5H2,1-3H3/b9-7+. The normalized spacial score (nSPS) is 15.8. The van der Waals surface area contributed by atoms with Crippen LogP contribution in [0.1, 0.15) is 33.6 Å². The van der Waals surface area contributed by atoms with Crippen molar-refractivity contribution >= 4 is 17.5 Å². The lowest BCUT2D eigenvalue weighted by atomic mass is 10.0. The van der Waals surface area contributed by atoms with E-state index in [0.717, 1.165) is 5.71 Å². The van der Waals surface area contributed by atoms with E-state index < -0.39 is 0 Å². The molecule has 0 N–H and O–H groups in total. The summed E-state index contributed by atoms with van der Waals surface area (Å²) in [6.07, 6.45) is 2.38. The fourth-order valence-corrected chi connectivity index (χ4v) is 0.892. The van der Waals surface area contributed by atoms with Gasteiger partial charge in [-0.1, -0.05) is 20.3 Å². The second kappa shape index (κ2) is 4.80. The number of rotatable bonds is 3. The average Bonchev–Trinajstić information content (AvgIpc) is 1.87. The minimum Gasteiger partial charge on any atom is -0.187 e. The van der Waals surface area contributed by atoms with Gasteiger partial charge in [0, 0.05) is 17.5 Å². The summed E-state index contributed by atoms with van der Waals surface area (Å²) in [5.74, 6) is 0.549. The Kier molecular flexibility index (Phi) is 4.78. The van der Waals surface area contributed by atoms with Crippen molar-refractivity contribution in [1.29, 1.82) is 0 Å². The number of hydrogen-bond donors (Lipinski definition) is 0. The highest BCUT2D eigenvalue weighted by atomic mass is 35.5. The van der Waals surface area contributed by atoms with Crippen LogP contribution in [0, 0.1) is 5.92 Å². The van der Waals surface area contributed by atoms with Crippen LogP contribution in [0.3, 0.4) is 0 Å². The summed E-state index contributed by atoms with van der Waals surface area (Å²) in [6.45, 7) is 6.27. The van der Waals surface area contributed by atoms with E-state index in [1.165, 1.54) is 12.8 Å². The third kappa shape index (κ3) is 3.52. The van der Waals surface area contributed by atoms with Gasteiger partial charge in [-0.3, -0.25) is 0 Å². The third-order valence-corrected chi connectivity index (χ3v) is 1.83. The van der Waals surface area contributed by atoms with Gasteiger partial charge < -0.3 is 0 Å². The van der Waals surface area contributed by atoms with Crippen molar-refractivity contribution in [3.8, 4) is 0 Å². The molecule has 0 aromatic carbocycles. The predicted octanol–water partition coefficient (Wildman–Crippen LogP) is 3.04. The van der Waals surface area contributed by atoms with Crippen molar-refractivity contribution in [2.45, 2.75) is 33.6 Å². The van der Waals surface area contributed by atoms with E-state index in [9.17, 15) is 0 Å². The zero-order valence-electron chi connectivity index (χ0n) is 6.32. The van der Waals surface area contributed by atoms with Crippen molar-refractivity contribution in [2.24, 2.45) is 10.4 Å². The fraction of sp³-hybridized carbons (Fsp3) is 0.857. The van der Waals surface area contributed by atoms with Crippen LogP contribution in [0.2, 0.25) is 0 Å². The predicted molar refractivity (Wildman–Crippen MR) is 43.0 cm³/mol. The Balaban J connectivity index is 3.59. The van der Waals surface area contributed by atoms with E-state index in [-0.39, 0.29) is 0 Å². The molecule has 54 valence electrons. The summed E-state index contributed by atoms with van der Waals surface area (Å²) in [6, 6.07) is 0. The van der Waals surface area contributed by atoms with E-state index >= 15 is 0 Å². The summed E-state index contributed by atoms with van der Waals surface area (Å²) in [7, 11) is 0. The van der Waals surface area contributed by atoms with Gasteiger partial charge in [-0.15, -0.1) is 0 Å². The van der Waals surface area contributed by atoms with Crippen molar-refractivity contribution in [2.75, 3.05) is 0 Å². The molecule has 0 saturated heterocycles. The van der Waals surface area contributed by atoms with E-state index in [1.807, 2.05) is 6.92 Å². The van der Waals surface area contributed by atoms with Crippen LogP contribution < -0.4 is 0 Å². The van der Waals surface area contributed by atoms with Crippen molar-refractivity contribution in [1.82, 2.24) is 0 Å². The maximum absolute atomic E-state index is 5.27. The minimum atomic E-state index is 0.549. The monoisotopic (exact) mass is 147 g/mol. The summed E-state index contributed by atoms with van der Waals surface area (Å²) >= 11 is 5.27. The van der Waals surface area contributed by atoms with Gasteiger partial charge in [-0.2, -0.15) is 4.51 Å². The van der Waals surface area contributed by atoms with Gasteiger partial charge in [0.15, 0.2) is 0 Å². The molecule has 0 bridgehead atoms. The van der Waals surface area contributed by atoms with Crippen molar-refractivity contribution in [3.63, 3.8) is 0 Å². The molecule has 2 heteroatoms. The van der Waals surface area contributed by atoms with Crippen LogP contribution >= 0.6 is 11.8 Å². The zero-order chi connectivity index (χ0) is 7.28. The van der Waals surface area contributed by atoms with E-state index in [0.29, 0.717) is 5.92 Å². The first-order chi connectivity index (χ1) is 4.22. The lowest BCUT2D eigenvalue weighted by Crippen LogP contribution is -2.04. The molecule has 0 rings (SSSR count). The Morgan fingerprint density at radius 2 is 2.22 bits per heavy atom. The molecule has 1 nitrogen and oxygen atoms in total. The Labute approximate surface area is 62.2 Å². The molecule has 0 aliphatic heterocycles. The number of halogens is 1. The molecular weight excluding hydrogens is 134 g/mol. The largest absolute Gasteiger partial charge is 0.187 e. The second-order valence-corrected chi connectivity index (χ2v) is 2.58. The lowest BCUT2D eigenvalue weighted by Gasteiger charge is -2.06. The Morgan fingerprint density at radius 1 is 1.67 bits per heavy atom. The second-order valence-electron chi connectivity index (χ2n) is 2.42. The molecule has 1 unspecified atom stereocenters. The van der Waals surface area contributed by atoms with Gasteiger partial charge in [-0.25, -0.2) is 0 Å². The number of hydrogen-bond acceptors (Lipinski definition) is 1. The SMILES string of the molecule is CCCC(C)/C(C)=N/Cl. The Hall–Kier alpha value is -0.0400. The topological polar surface area (TPSA) is 12.4 Å². The summed E-state index contributed by atoms with van der Waals surface area (Å²) in [5, 5.41) is 0. The van der Waals surface area contributed by atoms with Crippen LogP contribution in [0.25, 0.3) is 0 Å². The van der Waals surface area contributed by atoms with Crippen molar-refractivity contribution in [3.05, 3.63) is 0 Å². The summed E-state index contributed by atoms with van der Waals surface area (Å²) in [4.78, 5) is 0. The third-order valence-electron chi connectivity index (χ3n) is 1.57. The minimum absolute atomic E-state index is 0.549. The highest BCUT2D eigenvalue weighted by molar-refractivity contribution is 6.19. The summed E-state index contributed by atoms with van der Waals surface area (Å²) < 4.78 is 3.60. The molecule has 9 heavy (non-hydrogen) atoms. The molecule has 0 heterocycles. The van der Waals surface area contributed by atoms with Crippen LogP contribution in [0.4, 0.5) is 0 Å². The lowest BCUT2D eigenvalue weighted by molar-refractivity contribution is 0.665. The van der Waals surface area contributed by atoms with Gasteiger partial charge in [0.1, 0.15) is 0 Å². The zero-order valence-corrected chi connectivity index (χ0v) is 7.07. The maximum Gasteiger partial charge on any atom is 0.0364 e. The van der Waals surface area contributed by atoms with Crippen molar-refractivity contribution < 1.29 is 0 Å². The smallest absolute Gasteiger partial charge is 0.0364 e.